The Morgan fingerprint density at radius 3 is 2.89 bits per heavy atom. The predicted octanol–water partition coefficient (Wildman–Crippen LogP) is 2.12. The van der Waals surface area contributed by atoms with Crippen LogP contribution in [0.25, 0.3) is 0 Å². The van der Waals surface area contributed by atoms with Gasteiger partial charge >= 0.3 is 0 Å². The van der Waals surface area contributed by atoms with E-state index in [1.807, 2.05) is 0 Å². The molecular weight excluding hydrogens is 267 g/mol. The van der Waals surface area contributed by atoms with Crippen molar-refractivity contribution in [3.8, 4) is 5.88 Å². The second-order valence-corrected chi connectivity index (χ2v) is 5.30. The van der Waals surface area contributed by atoms with Crippen LogP contribution in [0.15, 0.2) is 41.4 Å². The topological polar surface area (TPSA) is 65.2 Å². The Morgan fingerprint density at radius 2 is 2.21 bits per heavy atom. The van der Waals surface area contributed by atoms with Crippen LogP contribution >= 0.6 is 0 Å². The number of hydrogen-bond acceptors (Lipinski definition) is 4. The zero-order valence-electron chi connectivity index (χ0n) is 10.3. The summed E-state index contributed by atoms with van der Waals surface area (Å²) in [6.07, 6.45) is 1.59. The van der Waals surface area contributed by atoms with Gasteiger partial charge in [-0.2, -0.15) is 0 Å². The monoisotopic (exact) mass is 280 g/mol. The molecule has 1 aromatic carbocycles. The van der Waals surface area contributed by atoms with Crippen LogP contribution in [-0.4, -0.2) is 16.3 Å². The van der Waals surface area contributed by atoms with Gasteiger partial charge in [-0.25, -0.2) is 9.37 Å². The van der Waals surface area contributed by atoms with Crippen LogP contribution in [0.2, 0.25) is 0 Å². The van der Waals surface area contributed by atoms with Crippen LogP contribution in [0.3, 0.4) is 0 Å². The summed E-state index contributed by atoms with van der Waals surface area (Å²) < 4.78 is 30.6. The van der Waals surface area contributed by atoms with Crippen LogP contribution < -0.4 is 10.5 Å². The van der Waals surface area contributed by atoms with Crippen molar-refractivity contribution in [2.24, 2.45) is 0 Å². The molecule has 6 heteroatoms. The van der Waals surface area contributed by atoms with Gasteiger partial charge in [0.05, 0.1) is 29.3 Å². The molecule has 0 bridgehead atoms. The molecule has 1 aromatic heterocycles. The zero-order valence-corrected chi connectivity index (χ0v) is 11.1. The lowest BCUT2D eigenvalue weighted by molar-refractivity contribution is 0.394. The van der Waals surface area contributed by atoms with Crippen molar-refractivity contribution < 1.29 is 13.3 Å². The fraction of sp³-hybridized carbons (Fsp3) is 0.154. The van der Waals surface area contributed by atoms with E-state index < -0.39 is 16.6 Å². The van der Waals surface area contributed by atoms with Gasteiger partial charge in [0.15, 0.2) is 0 Å². The molecule has 2 rings (SSSR count). The second-order valence-electron chi connectivity index (χ2n) is 3.84. The number of rotatable bonds is 4. The number of nitrogens with two attached hydrogens (primary N) is 1. The smallest absolute Gasteiger partial charge is 0.217 e. The molecule has 100 valence electrons. The summed E-state index contributed by atoms with van der Waals surface area (Å²) in [4.78, 5) is 4.41. The first-order valence-corrected chi connectivity index (χ1v) is 6.85. The molecule has 1 atom stereocenters. The molecule has 1 unspecified atom stereocenters. The molecule has 0 saturated heterocycles. The van der Waals surface area contributed by atoms with E-state index in [0.717, 1.165) is 0 Å². The van der Waals surface area contributed by atoms with Crippen LogP contribution in [0, 0.1) is 5.82 Å². The summed E-state index contributed by atoms with van der Waals surface area (Å²) in [5, 5.41) is 0. The molecule has 0 aliphatic rings. The highest BCUT2D eigenvalue weighted by molar-refractivity contribution is 7.84. The summed E-state index contributed by atoms with van der Waals surface area (Å²) in [6, 6.07) is 7.66. The molecule has 19 heavy (non-hydrogen) atoms. The van der Waals surface area contributed by atoms with Gasteiger partial charge in [-0.3, -0.25) is 4.21 Å². The molecule has 0 fully saturated rings. The molecule has 0 aliphatic heterocycles. The van der Waals surface area contributed by atoms with Crippen LogP contribution in [-0.2, 0) is 16.6 Å². The maximum absolute atomic E-state index is 13.3. The highest BCUT2D eigenvalue weighted by Crippen LogP contribution is 2.21. The number of nitrogens with zero attached hydrogens (tertiary/aromatic N) is 1. The standard InChI is InChI=1S/C13H13FN2O2S/c1-18-13-9(3-2-6-16-13)8-19(17)10-4-5-12(15)11(14)7-10/h2-7H,8,15H2,1H3. The average Bonchev–Trinajstić information content (AvgIpc) is 2.42. The molecule has 0 radical (unpaired) electrons. The highest BCUT2D eigenvalue weighted by atomic mass is 32.2. The van der Waals surface area contributed by atoms with Crippen molar-refractivity contribution in [1.29, 1.82) is 0 Å². The molecule has 0 amide bonds. The quantitative estimate of drug-likeness (QED) is 0.871. The third kappa shape index (κ3) is 3.08. The maximum atomic E-state index is 13.3. The number of anilines is 1. The Balaban J connectivity index is 2.23. The van der Waals surface area contributed by atoms with Gasteiger partial charge in [-0.15, -0.1) is 0 Å². The third-order valence-electron chi connectivity index (χ3n) is 2.56. The fourth-order valence-corrected chi connectivity index (χ4v) is 2.72. The van der Waals surface area contributed by atoms with E-state index in [2.05, 4.69) is 4.98 Å². The molecule has 2 N–H and O–H groups in total. The molecule has 0 aliphatic carbocycles. The summed E-state index contributed by atoms with van der Waals surface area (Å²) >= 11 is 0. The highest BCUT2D eigenvalue weighted by Gasteiger charge is 2.11. The normalized spacial score (nSPS) is 12.1. The Labute approximate surface area is 112 Å². The SMILES string of the molecule is COc1ncccc1CS(=O)c1ccc(N)c(F)c1. The minimum atomic E-state index is -1.38. The number of nitrogen functional groups attached to an aromatic ring is 1. The van der Waals surface area contributed by atoms with E-state index >= 15 is 0 Å². The molecular formula is C13H13FN2O2S. The number of aromatic nitrogens is 1. The molecule has 0 spiro atoms. The summed E-state index contributed by atoms with van der Waals surface area (Å²) in [5.74, 6) is 0.0659. The first-order chi connectivity index (χ1) is 9.11. The predicted molar refractivity (Wildman–Crippen MR) is 71.7 cm³/mol. The summed E-state index contributed by atoms with van der Waals surface area (Å²) in [6.45, 7) is 0. The number of benzene rings is 1. The minimum Gasteiger partial charge on any atom is -0.481 e. The van der Waals surface area contributed by atoms with E-state index in [0.29, 0.717) is 16.3 Å². The van der Waals surface area contributed by atoms with E-state index in [-0.39, 0.29) is 11.4 Å². The van der Waals surface area contributed by atoms with Crippen LogP contribution in [0.4, 0.5) is 10.1 Å². The first kappa shape index (κ1) is 13.5. The Hall–Kier alpha value is -1.95. The van der Waals surface area contributed by atoms with Crippen molar-refractivity contribution >= 4 is 16.5 Å². The van der Waals surface area contributed by atoms with Gasteiger partial charge in [0, 0.05) is 16.7 Å². The minimum absolute atomic E-state index is 0.0414. The fourth-order valence-electron chi connectivity index (χ4n) is 1.59. The largest absolute Gasteiger partial charge is 0.481 e. The number of ether oxygens (including phenoxy) is 1. The number of methoxy groups -OCH3 is 1. The Morgan fingerprint density at radius 1 is 1.42 bits per heavy atom. The van der Waals surface area contributed by atoms with Gasteiger partial charge in [-0.05, 0) is 24.3 Å². The molecule has 2 aromatic rings. The van der Waals surface area contributed by atoms with Crippen LogP contribution in [0.1, 0.15) is 5.56 Å². The van der Waals surface area contributed by atoms with E-state index in [1.165, 1.54) is 19.2 Å². The third-order valence-corrected chi connectivity index (χ3v) is 3.92. The Bertz CT molecular complexity index is 619. The van der Waals surface area contributed by atoms with Crippen LogP contribution in [0.5, 0.6) is 5.88 Å². The Kier molecular flexibility index (Phi) is 4.11. The van der Waals surface area contributed by atoms with Crippen molar-refractivity contribution in [2.75, 3.05) is 12.8 Å². The second kappa shape index (κ2) is 5.79. The summed E-state index contributed by atoms with van der Waals surface area (Å²) in [5.41, 5.74) is 6.13. The first-order valence-electron chi connectivity index (χ1n) is 5.53. The van der Waals surface area contributed by atoms with Gasteiger partial charge in [-0.1, -0.05) is 6.07 Å². The van der Waals surface area contributed by atoms with Gasteiger partial charge in [0.1, 0.15) is 5.82 Å². The van der Waals surface area contributed by atoms with Crippen molar-refractivity contribution in [3.05, 3.63) is 47.9 Å². The lowest BCUT2D eigenvalue weighted by Gasteiger charge is -2.07. The van der Waals surface area contributed by atoms with E-state index in [4.69, 9.17) is 10.5 Å². The summed E-state index contributed by atoms with van der Waals surface area (Å²) in [7, 11) is 0.117. The number of pyridine rings is 1. The molecule has 4 nitrogen and oxygen atoms in total. The van der Waals surface area contributed by atoms with E-state index in [9.17, 15) is 8.60 Å². The number of halogens is 1. The number of hydrogen-bond donors (Lipinski definition) is 1. The lowest BCUT2D eigenvalue weighted by atomic mass is 10.3. The van der Waals surface area contributed by atoms with Crippen molar-refractivity contribution in [2.45, 2.75) is 10.6 Å². The average molecular weight is 280 g/mol. The molecule has 0 saturated carbocycles. The van der Waals surface area contributed by atoms with Crippen molar-refractivity contribution in [3.63, 3.8) is 0 Å². The zero-order chi connectivity index (χ0) is 13.8. The lowest BCUT2D eigenvalue weighted by Crippen LogP contribution is -2.01. The van der Waals surface area contributed by atoms with Gasteiger partial charge in [0.25, 0.3) is 0 Å². The van der Waals surface area contributed by atoms with Gasteiger partial charge in [0.2, 0.25) is 5.88 Å². The van der Waals surface area contributed by atoms with E-state index in [1.54, 1.807) is 24.4 Å². The van der Waals surface area contributed by atoms with Gasteiger partial charge < -0.3 is 10.5 Å². The maximum Gasteiger partial charge on any atom is 0.217 e. The van der Waals surface area contributed by atoms with Crippen molar-refractivity contribution in [1.82, 2.24) is 4.98 Å². The molecule has 1 heterocycles.